The molecule has 1 amide bonds. The van der Waals surface area contributed by atoms with E-state index in [0.29, 0.717) is 5.75 Å². The second kappa shape index (κ2) is 9.34. The van der Waals surface area contributed by atoms with Crippen molar-refractivity contribution in [2.45, 2.75) is 18.2 Å². The Balaban J connectivity index is 1.66. The topological polar surface area (TPSA) is 84.9 Å². The van der Waals surface area contributed by atoms with E-state index in [0.717, 1.165) is 24.1 Å². The van der Waals surface area contributed by atoms with Crippen LogP contribution in [-0.4, -0.2) is 51.5 Å². The van der Waals surface area contributed by atoms with Crippen LogP contribution >= 0.6 is 0 Å². The van der Waals surface area contributed by atoms with Crippen LogP contribution in [0.4, 0.5) is 10.1 Å². The lowest BCUT2D eigenvalue weighted by atomic mass is 10.2. The van der Waals surface area contributed by atoms with Crippen LogP contribution in [0.2, 0.25) is 0 Å². The number of nitrogens with zero attached hydrogens (tertiary/aromatic N) is 1. The monoisotopic (exact) mass is 422 g/mol. The van der Waals surface area contributed by atoms with Crippen molar-refractivity contribution in [1.82, 2.24) is 4.31 Å². The Morgan fingerprint density at radius 3 is 2.52 bits per heavy atom. The molecule has 0 aromatic heterocycles. The summed E-state index contributed by atoms with van der Waals surface area (Å²) in [6, 6.07) is 10.8. The van der Waals surface area contributed by atoms with Gasteiger partial charge in [0.05, 0.1) is 13.2 Å². The number of rotatable bonds is 7. The van der Waals surface area contributed by atoms with Gasteiger partial charge in [-0.2, -0.15) is 4.31 Å². The molecule has 2 aromatic carbocycles. The fourth-order valence-electron chi connectivity index (χ4n) is 2.87. The number of benzene rings is 2. The number of halogens is 1. The number of sulfonamides is 1. The third-order valence-corrected chi connectivity index (χ3v) is 6.42. The number of nitrogens with one attached hydrogen (secondary N) is 1. The molecule has 7 nitrogen and oxygen atoms in total. The minimum atomic E-state index is -4.02. The Bertz CT molecular complexity index is 957. The van der Waals surface area contributed by atoms with Gasteiger partial charge in [0.1, 0.15) is 16.5 Å². The zero-order valence-electron chi connectivity index (χ0n) is 16.1. The van der Waals surface area contributed by atoms with Crippen molar-refractivity contribution >= 4 is 21.6 Å². The molecule has 156 valence electrons. The molecule has 1 heterocycles. The third kappa shape index (κ3) is 5.31. The van der Waals surface area contributed by atoms with Crippen molar-refractivity contribution in [3.8, 4) is 5.75 Å². The van der Waals surface area contributed by atoms with Crippen LogP contribution in [0.1, 0.15) is 12.5 Å². The Labute approximate surface area is 169 Å². The second-order valence-electron chi connectivity index (χ2n) is 6.50. The maximum atomic E-state index is 14.2. The molecular formula is C20H23FN2O5S. The van der Waals surface area contributed by atoms with Crippen molar-refractivity contribution in [1.29, 1.82) is 0 Å². The van der Waals surface area contributed by atoms with Gasteiger partial charge < -0.3 is 14.8 Å². The van der Waals surface area contributed by atoms with E-state index >= 15 is 0 Å². The van der Waals surface area contributed by atoms with E-state index in [1.165, 1.54) is 10.4 Å². The molecule has 2 aromatic rings. The van der Waals surface area contributed by atoms with E-state index in [-0.39, 0.29) is 38.6 Å². The molecule has 0 bridgehead atoms. The average molecular weight is 422 g/mol. The molecule has 0 unspecified atom stereocenters. The van der Waals surface area contributed by atoms with Gasteiger partial charge in [-0.15, -0.1) is 0 Å². The van der Waals surface area contributed by atoms with Crippen LogP contribution in [0, 0.1) is 5.82 Å². The molecule has 1 fully saturated rings. The molecular weight excluding hydrogens is 399 g/mol. The summed E-state index contributed by atoms with van der Waals surface area (Å²) in [5, 5.41) is 2.54. The number of hydrogen-bond acceptors (Lipinski definition) is 5. The average Bonchev–Trinajstić information content (AvgIpc) is 2.74. The predicted molar refractivity (Wildman–Crippen MR) is 106 cm³/mol. The highest BCUT2D eigenvalue weighted by Gasteiger charge is 2.29. The van der Waals surface area contributed by atoms with Gasteiger partial charge in [-0.05, 0) is 42.3 Å². The Morgan fingerprint density at radius 2 is 1.86 bits per heavy atom. The van der Waals surface area contributed by atoms with Crippen molar-refractivity contribution in [2.24, 2.45) is 0 Å². The van der Waals surface area contributed by atoms with Crippen LogP contribution in [0.5, 0.6) is 5.75 Å². The van der Waals surface area contributed by atoms with Gasteiger partial charge >= 0.3 is 0 Å². The first-order valence-corrected chi connectivity index (χ1v) is 10.7. The number of hydrogen-bond donors (Lipinski definition) is 1. The maximum Gasteiger partial charge on any atom is 0.262 e. The Kier molecular flexibility index (Phi) is 6.83. The number of morpholine rings is 1. The lowest BCUT2D eigenvalue weighted by Crippen LogP contribution is -2.40. The largest absolute Gasteiger partial charge is 0.484 e. The number of carbonyl (C=O) groups excluding carboxylic acids is 1. The number of aryl methyl sites for hydroxylation is 1. The number of anilines is 1. The molecule has 1 saturated heterocycles. The van der Waals surface area contributed by atoms with Crippen LogP contribution in [0.3, 0.4) is 0 Å². The molecule has 3 rings (SSSR count). The van der Waals surface area contributed by atoms with Gasteiger partial charge in [-0.1, -0.05) is 19.1 Å². The second-order valence-corrected chi connectivity index (χ2v) is 8.40. The molecule has 0 saturated carbocycles. The molecule has 0 spiro atoms. The summed E-state index contributed by atoms with van der Waals surface area (Å²) in [4.78, 5) is 11.7. The smallest absolute Gasteiger partial charge is 0.262 e. The van der Waals surface area contributed by atoms with Gasteiger partial charge in [0.25, 0.3) is 5.91 Å². The SMILES string of the molecule is CCc1ccc(OCC(=O)Nc2ccc(F)c(S(=O)(=O)N3CCOCC3)c2)cc1. The van der Waals surface area contributed by atoms with Gasteiger partial charge in [0, 0.05) is 18.8 Å². The quantitative estimate of drug-likeness (QED) is 0.741. The van der Waals surface area contributed by atoms with Crippen LogP contribution in [-0.2, 0) is 26.0 Å². The molecule has 9 heteroatoms. The minimum Gasteiger partial charge on any atom is -0.484 e. The van der Waals surface area contributed by atoms with E-state index in [4.69, 9.17) is 9.47 Å². The first kappa shape index (κ1) is 21.2. The highest BCUT2D eigenvalue weighted by Crippen LogP contribution is 2.24. The van der Waals surface area contributed by atoms with E-state index in [1.807, 2.05) is 19.1 Å². The number of ether oxygens (including phenoxy) is 2. The van der Waals surface area contributed by atoms with Gasteiger partial charge in [0.15, 0.2) is 6.61 Å². The summed E-state index contributed by atoms with van der Waals surface area (Å²) >= 11 is 0. The zero-order valence-corrected chi connectivity index (χ0v) is 16.9. The molecule has 0 atom stereocenters. The predicted octanol–water partition coefficient (Wildman–Crippen LogP) is 2.43. The highest BCUT2D eigenvalue weighted by molar-refractivity contribution is 7.89. The fraction of sp³-hybridized carbons (Fsp3) is 0.350. The van der Waals surface area contributed by atoms with E-state index in [2.05, 4.69) is 5.32 Å². The van der Waals surface area contributed by atoms with Crippen LogP contribution < -0.4 is 10.1 Å². The van der Waals surface area contributed by atoms with Gasteiger partial charge in [0.2, 0.25) is 10.0 Å². The zero-order chi connectivity index (χ0) is 20.9. The standard InChI is InChI=1S/C20H23FN2O5S/c1-2-15-3-6-17(7-4-15)28-14-20(24)22-16-5-8-18(21)19(13-16)29(25,26)23-9-11-27-12-10-23/h3-8,13H,2,9-12,14H2,1H3,(H,22,24). The molecule has 1 aliphatic rings. The summed E-state index contributed by atoms with van der Waals surface area (Å²) in [5.41, 5.74) is 1.33. The normalized spacial score (nSPS) is 15.1. The first-order chi connectivity index (χ1) is 13.9. The van der Waals surface area contributed by atoms with E-state index < -0.39 is 26.6 Å². The third-order valence-electron chi connectivity index (χ3n) is 4.50. The Hall–Kier alpha value is -2.49. The summed E-state index contributed by atoms with van der Waals surface area (Å²) in [6.45, 7) is 2.61. The molecule has 0 aliphatic carbocycles. The van der Waals surface area contributed by atoms with E-state index in [1.54, 1.807) is 12.1 Å². The van der Waals surface area contributed by atoms with Crippen molar-refractivity contribution in [3.63, 3.8) is 0 Å². The number of carbonyl (C=O) groups is 1. The summed E-state index contributed by atoms with van der Waals surface area (Å²) in [5.74, 6) is -0.806. The van der Waals surface area contributed by atoms with Crippen molar-refractivity contribution < 1.29 is 27.1 Å². The molecule has 1 N–H and O–H groups in total. The number of amides is 1. The lowest BCUT2D eigenvalue weighted by molar-refractivity contribution is -0.118. The van der Waals surface area contributed by atoms with Crippen LogP contribution in [0.25, 0.3) is 0 Å². The summed E-state index contributed by atoms with van der Waals surface area (Å²) in [7, 11) is -4.02. The van der Waals surface area contributed by atoms with E-state index in [9.17, 15) is 17.6 Å². The Morgan fingerprint density at radius 1 is 1.17 bits per heavy atom. The molecule has 1 aliphatic heterocycles. The minimum absolute atomic E-state index is 0.156. The van der Waals surface area contributed by atoms with Crippen molar-refractivity contribution in [3.05, 3.63) is 53.8 Å². The van der Waals surface area contributed by atoms with Gasteiger partial charge in [-0.3, -0.25) is 4.79 Å². The molecule has 29 heavy (non-hydrogen) atoms. The first-order valence-electron chi connectivity index (χ1n) is 9.29. The highest BCUT2D eigenvalue weighted by atomic mass is 32.2. The van der Waals surface area contributed by atoms with Crippen LogP contribution in [0.15, 0.2) is 47.4 Å². The summed E-state index contributed by atoms with van der Waals surface area (Å²) < 4.78 is 51.4. The summed E-state index contributed by atoms with van der Waals surface area (Å²) in [6.07, 6.45) is 0.904. The fourth-order valence-corrected chi connectivity index (χ4v) is 4.37. The van der Waals surface area contributed by atoms with Gasteiger partial charge in [-0.25, -0.2) is 12.8 Å². The van der Waals surface area contributed by atoms with Crippen molar-refractivity contribution in [2.75, 3.05) is 38.2 Å². The maximum absolute atomic E-state index is 14.2. The lowest BCUT2D eigenvalue weighted by Gasteiger charge is -2.26. The molecule has 0 radical (unpaired) electrons.